The number of guanidine groups is 1. The van der Waals surface area contributed by atoms with Gasteiger partial charge in [0, 0.05) is 27.2 Å². The highest BCUT2D eigenvalue weighted by Gasteiger charge is 2.17. The van der Waals surface area contributed by atoms with Crippen LogP contribution in [0.5, 0.6) is 0 Å². The molecule has 0 unspecified atom stereocenters. The fourth-order valence-corrected chi connectivity index (χ4v) is 2.81. The molecule has 21 heavy (non-hydrogen) atoms. The number of hydrogen-bond donors (Lipinski definition) is 1. The van der Waals surface area contributed by atoms with Crippen molar-refractivity contribution in [1.82, 2.24) is 15.1 Å². The number of likely N-dealkylation sites (tertiary alicyclic amines) is 1. The van der Waals surface area contributed by atoms with E-state index in [9.17, 15) is 0 Å². The van der Waals surface area contributed by atoms with E-state index >= 15 is 0 Å². The lowest BCUT2D eigenvalue weighted by Gasteiger charge is -2.30. The normalized spacial score (nSPS) is 17.8. The van der Waals surface area contributed by atoms with Crippen molar-refractivity contribution in [1.29, 1.82) is 0 Å². The highest BCUT2D eigenvalue weighted by atomic mass is 15.3. The molecule has 122 valence electrons. The Morgan fingerprint density at radius 1 is 1.33 bits per heavy atom. The van der Waals surface area contributed by atoms with Gasteiger partial charge in [-0.15, -0.1) is 6.58 Å². The van der Waals surface area contributed by atoms with Gasteiger partial charge < -0.3 is 15.1 Å². The van der Waals surface area contributed by atoms with Gasteiger partial charge in [0.15, 0.2) is 5.96 Å². The third-order valence-corrected chi connectivity index (χ3v) is 4.36. The quantitative estimate of drug-likeness (QED) is 0.323. The molecule has 0 bridgehead atoms. The number of nitrogens with zero attached hydrogens (tertiary/aromatic N) is 3. The van der Waals surface area contributed by atoms with Crippen molar-refractivity contribution in [2.75, 3.05) is 47.3 Å². The number of hydrogen-bond acceptors (Lipinski definition) is 2. The van der Waals surface area contributed by atoms with E-state index in [1.165, 1.54) is 45.2 Å². The average molecular weight is 294 g/mol. The molecule has 1 N–H and O–H groups in total. The van der Waals surface area contributed by atoms with Crippen LogP contribution in [0.1, 0.15) is 38.5 Å². The van der Waals surface area contributed by atoms with Crippen LogP contribution in [0.4, 0.5) is 0 Å². The Kier molecular flexibility index (Phi) is 9.15. The maximum Gasteiger partial charge on any atom is 0.193 e. The van der Waals surface area contributed by atoms with Gasteiger partial charge in [0.05, 0.1) is 0 Å². The van der Waals surface area contributed by atoms with Crippen LogP contribution in [-0.4, -0.2) is 63.1 Å². The Morgan fingerprint density at radius 3 is 2.67 bits per heavy atom. The minimum Gasteiger partial charge on any atom is -0.356 e. The summed E-state index contributed by atoms with van der Waals surface area (Å²) in [6.07, 6.45) is 9.47. The Morgan fingerprint density at radius 2 is 2.05 bits per heavy atom. The zero-order chi connectivity index (χ0) is 15.5. The van der Waals surface area contributed by atoms with Crippen LogP contribution in [0, 0.1) is 5.92 Å². The van der Waals surface area contributed by atoms with E-state index in [1.807, 2.05) is 13.1 Å². The van der Waals surface area contributed by atoms with E-state index in [-0.39, 0.29) is 0 Å². The third-order valence-electron chi connectivity index (χ3n) is 4.36. The molecule has 4 nitrogen and oxygen atoms in total. The van der Waals surface area contributed by atoms with E-state index < -0.39 is 0 Å². The van der Waals surface area contributed by atoms with Crippen LogP contribution in [0.15, 0.2) is 17.6 Å². The van der Waals surface area contributed by atoms with Gasteiger partial charge in [-0.25, -0.2) is 0 Å². The third kappa shape index (κ3) is 7.51. The minimum atomic E-state index is 0.791. The van der Waals surface area contributed by atoms with Gasteiger partial charge >= 0.3 is 0 Å². The lowest BCUT2D eigenvalue weighted by Crippen LogP contribution is -2.43. The maximum absolute atomic E-state index is 4.41. The Labute approximate surface area is 131 Å². The van der Waals surface area contributed by atoms with E-state index in [2.05, 4.69) is 40.8 Å². The predicted molar refractivity (Wildman–Crippen MR) is 92.9 cm³/mol. The van der Waals surface area contributed by atoms with E-state index in [1.54, 1.807) is 0 Å². The summed E-state index contributed by atoms with van der Waals surface area (Å²) in [7, 11) is 6.23. The first-order valence-electron chi connectivity index (χ1n) is 8.38. The summed E-state index contributed by atoms with van der Waals surface area (Å²) in [5, 5.41) is 3.55. The van der Waals surface area contributed by atoms with Crippen molar-refractivity contribution < 1.29 is 0 Å². The monoisotopic (exact) mass is 294 g/mol. The molecule has 0 amide bonds. The summed E-state index contributed by atoms with van der Waals surface area (Å²) < 4.78 is 0. The summed E-state index contributed by atoms with van der Waals surface area (Å²) >= 11 is 0. The van der Waals surface area contributed by atoms with Crippen LogP contribution in [0.2, 0.25) is 0 Å². The summed E-state index contributed by atoms with van der Waals surface area (Å²) in [5.41, 5.74) is 0. The highest BCUT2D eigenvalue weighted by molar-refractivity contribution is 5.79. The smallest absolute Gasteiger partial charge is 0.193 e. The van der Waals surface area contributed by atoms with Crippen LogP contribution >= 0.6 is 0 Å². The minimum absolute atomic E-state index is 0.791. The topological polar surface area (TPSA) is 30.9 Å². The molecule has 0 spiro atoms. The molecule has 0 aliphatic carbocycles. The van der Waals surface area contributed by atoms with Gasteiger partial charge in [-0.1, -0.05) is 12.5 Å². The van der Waals surface area contributed by atoms with E-state index in [4.69, 9.17) is 0 Å². The molecule has 1 fully saturated rings. The molecule has 1 aliphatic heterocycles. The zero-order valence-corrected chi connectivity index (χ0v) is 14.3. The molecule has 1 aliphatic rings. The SMILES string of the molecule is C=CCCCCCN(C)C(=NC)NCC1CCN(C)CC1. The van der Waals surface area contributed by atoms with Crippen molar-refractivity contribution >= 4 is 5.96 Å². The molecule has 0 radical (unpaired) electrons. The molecular weight excluding hydrogens is 260 g/mol. The van der Waals surface area contributed by atoms with Gasteiger partial charge in [0.25, 0.3) is 0 Å². The average Bonchev–Trinajstić information content (AvgIpc) is 2.49. The molecule has 0 aromatic heterocycles. The molecule has 1 heterocycles. The first-order valence-corrected chi connectivity index (χ1v) is 8.38. The van der Waals surface area contributed by atoms with Crippen molar-refractivity contribution in [3.05, 3.63) is 12.7 Å². The summed E-state index contributed by atoms with van der Waals surface area (Å²) in [6.45, 7) is 8.35. The summed E-state index contributed by atoms with van der Waals surface area (Å²) in [4.78, 5) is 9.08. The fourth-order valence-electron chi connectivity index (χ4n) is 2.81. The molecular formula is C17H34N4. The van der Waals surface area contributed by atoms with Gasteiger partial charge in [0.1, 0.15) is 0 Å². The Balaban J connectivity index is 2.19. The van der Waals surface area contributed by atoms with Gasteiger partial charge in [-0.05, 0) is 58.2 Å². The number of rotatable bonds is 8. The van der Waals surface area contributed by atoms with Crippen LogP contribution in [-0.2, 0) is 0 Å². The summed E-state index contributed by atoms with van der Waals surface area (Å²) in [6, 6.07) is 0. The number of aliphatic imine (C=N–C) groups is 1. The Bertz CT molecular complexity index is 306. The van der Waals surface area contributed by atoms with Crippen molar-refractivity contribution in [3.63, 3.8) is 0 Å². The van der Waals surface area contributed by atoms with Crippen molar-refractivity contribution in [2.24, 2.45) is 10.9 Å². The second-order valence-electron chi connectivity index (χ2n) is 6.23. The van der Waals surface area contributed by atoms with Crippen molar-refractivity contribution in [3.8, 4) is 0 Å². The number of piperidine rings is 1. The van der Waals surface area contributed by atoms with E-state index in [0.29, 0.717) is 0 Å². The van der Waals surface area contributed by atoms with Crippen LogP contribution in [0.3, 0.4) is 0 Å². The maximum atomic E-state index is 4.41. The second kappa shape index (κ2) is 10.7. The fraction of sp³-hybridized carbons (Fsp3) is 0.824. The largest absolute Gasteiger partial charge is 0.356 e. The van der Waals surface area contributed by atoms with Gasteiger partial charge in [-0.3, -0.25) is 4.99 Å². The highest BCUT2D eigenvalue weighted by Crippen LogP contribution is 2.14. The van der Waals surface area contributed by atoms with Crippen LogP contribution < -0.4 is 5.32 Å². The van der Waals surface area contributed by atoms with Crippen LogP contribution in [0.25, 0.3) is 0 Å². The van der Waals surface area contributed by atoms with E-state index in [0.717, 1.165) is 31.4 Å². The molecule has 4 heteroatoms. The molecule has 0 aromatic carbocycles. The molecule has 1 rings (SSSR count). The predicted octanol–water partition coefficient (Wildman–Crippen LogP) is 2.58. The summed E-state index contributed by atoms with van der Waals surface area (Å²) in [5.74, 6) is 1.83. The first-order chi connectivity index (χ1) is 10.2. The first kappa shape index (κ1) is 18.0. The van der Waals surface area contributed by atoms with Crippen molar-refractivity contribution in [2.45, 2.75) is 38.5 Å². The molecule has 0 aromatic rings. The lowest BCUT2D eigenvalue weighted by molar-refractivity contribution is 0.219. The number of nitrogens with one attached hydrogen (secondary N) is 1. The molecule has 0 atom stereocenters. The zero-order valence-electron chi connectivity index (χ0n) is 14.3. The molecule has 0 saturated carbocycles. The Hall–Kier alpha value is -1.03. The number of unbranched alkanes of at least 4 members (excludes halogenated alkanes) is 3. The standard InChI is InChI=1S/C17H34N4/c1-5-6-7-8-9-12-21(4)17(18-2)19-15-16-10-13-20(3)14-11-16/h5,16H,1,6-15H2,2-4H3,(H,18,19). The molecule has 1 saturated heterocycles. The number of allylic oxidation sites excluding steroid dienone is 1. The second-order valence-corrected chi connectivity index (χ2v) is 6.23. The van der Waals surface area contributed by atoms with Gasteiger partial charge in [0.2, 0.25) is 0 Å². The van der Waals surface area contributed by atoms with Gasteiger partial charge in [-0.2, -0.15) is 0 Å². The lowest BCUT2D eigenvalue weighted by atomic mass is 9.97.